The van der Waals surface area contributed by atoms with Crippen molar-refractivity contribution in [2.45, 2.75) is 39.2 Å². The number of methoxy groups -OCH3 is 1. The van der Waals surface area contributed by atoms with Gasteiger partial charge in [-0.25, -0.2) is 4.98 Å². The van der Waals surface area contributed by atoms with Crippen molar-refractivity contribution in [2.75, 3.05) is 12.4 Å². The maximum absolute atomic E-state index is 5.15. The molecule has 0 aromatic carbocycles. The first-order valence-electron chi connectivity index (χ1n) is 5.83. The maximum atomic E-state index is 5.15. The minimum Gasteiger partial charge on any atom is -0.480 e. The van der Waals surface area contributed by atoms with Gasteiger partial charge in [-0.3, -0.25) is 0 Å². The molecule has 1 heterocycles. The molecule has 94 valence electrons. The molecule has 0 bridgehead atoms. The highest BCUT2D eigenvalue weighted by molar-refractivity contribution is 9.10. The van der Waals surface area contributed by atoms with Gasteiger partial charge in [-0.2, -0.15) is 4.98 Å². The summed E-state index contributed by atoms with van der Waals surface area (Å²) in [6.45, 7) is 4.61. The van der Waals surface area contributed by atoms with Crippen LogP contribution in [0.2, 0.25) is 0 Å². The first-order chi connectivity index (χ1) is 8.00. The molecule has 0 radical (unpaired) electrons. The van der Waals surface area contributed by atoms with Crippen LogP contribution in [0.4, 0.5) is 5.95 Å². The van der Waals surface area contributed by atoms with Crippen molar-refractivity contribution < 1.29 is 4.74 Å². The zero-order valence-electron chi connectivity index (χ0n) is 10.5. The van der Waals surface area contributed by atoms with Gasteiger partial charge in [0.05, 0.1) is 17.8 Å². The average molecular weight is 300 g/mol. The molecule has 1 aromatic rings. The second kappa shape index (κ2) is 4.80. The van der Waals surface area contributed by atoms with E-state index in [1.54, 1.807) is 13.3 Å². The quantitative estimate of drug-likeness (QED) is 0.931. The van der Waals surface area contributed by atoms with Crippen LogP contribution in [-0.4, -0.2) is 23.1 Å². The fourth-order valence-corrected chi connectivity index (χ4v) is 2.66. The average Bonchev–Trinajstić information content (AvgIpc) is 2.61. The first-order valence-corrected chi connectivity index (χ1v) is 6.62. The Bertz CT molecular complexity index is 409. The third kappa shape index (κ3) is 3.09. The number of anilines is 1. The number of ether oxygens (including phenoxy) is 1. The molecule has 1 aliphatic rings. The summed E-state index contributed by atoms with van der Waals surface area (Å²) in [4.78, 5) is 8.56. The van der Waals surface area contributed by atoms with E-state index in [4.69, 9.17) is 4.74 Å². The summed E-state index contributed by atoms with van der Waals surface area (Å²) in [6.07, 6.45) is 5.30. The molecule has 0 aliphatic heterocycles. The van der Waals surface area contributed by atoms with E-state index in [0.717, 1.165) is 10.9 Å². The molecule has 0 saturated heterocycles. The van der Waals surface area contributed by atoms with Gasteiger partial charge in [0.15, 0.2) is 0 Å². The fourth-order valence-electron chi connectivity index (χ4n) is 2.31. The SMILES string of the molecule is COc1nc(NC2CCC(C)(C)C2)ncc1Br. The lowest BCUT2D eigenvalue weighted by atomic mass is 9.92. The second-order valence-electron chi connectivity index (χ2n) is 5.30. The third-order valence-corrected chi connectivity index (χ3v) is 3.75. The molecule has 1 aromatic heterocycles. The summed E-state index contributed by atoms with van der Waals surface area (Å²) in [7, 11) is 1.61. The molecule has 1 unspecified atom stereocenters. The van der Waals surface area contributed by atoms with Gasteiger partial charge in [0.25, 0.3) is 0 Å². The summed E-state index contributed by atoms with van der Waals surface area (Å²) in [6, 6.07) is 0.468. The van der Waals surface area contributed by atoms with E-state index < -0.39 is 0 Å². The molecule has 2 rings (SSSR count). The van der Waals surface area contributed by atoms with Crippen molar-refractivity contribution in [1.82, 2.24) is 9.97 Å². The smallest absolute Gasteiger partial charge is 0.232 e. The number of halogens is 1. The van der Waals surface area contributed by atoms with Crippen LogP contribution in [0.25, 0.3) is 0 Å². The first kappa shape index (κ1) is 12.6. The van der Waals surface area contributed by atoms with E-state index in [0.29, 0.717) is 23.3 Å². The van der Waals surface area contributed by atoms with Crippen LogP contribution < -0.4 is 10.1 Å². The Kier molecular flexibility index (Phi) is 3.56. The molecule has 1 aliphatic carbocycles. The lowest BCUT2D eigenvalue weighted by molar-refractivity contribution is 0.378. The van der Waals surface area contributed by atoms with Crippen molar-refractivity contribution in [3.63, 3.8) is 0 Å². The third-order valence-electron chi connectivity index (χ3n) is 3.21. The number of nitrogens with zero attached hydrogens (tertiary/aromatic N) is 2. The van der Waals surface area contributed by atoms with E-state index in [1.165, 1.54) is 12.8 Å². The Balaban J connectivity index is 2.04. The minimum absolute atomic E-state index is 0.428. The molecule has 1 atom stereocenters. The Labute approximate surface area is 110 Å². The van der Waals surface area contributed by atoms with Crippen LogP contribution in [0.15, 0.2) is 10.7 Å². The normalized spacial score (nSPS) is 22.5. The van der Waals surface area contributed by atoms with E-state index in [9.17, 15) is 0 Å². The predicted molar refractivity (Wildman–Crippen MR) is 71.3 cm³/mol. The van der Waals surface area contributed by atoms with Gasteiger partial charge in [0.2, 0.25) is 11.8 Å². The summed E-state index contributed by atoms with van der Waals surface area (Å²) in [5, 5.41) is 3.38. The van der Waals surface area contributed by atoms with Crippen molar-refractivity contribution in [3.8, 4) is 5.88 Å². The second-order valence-corrected chi connectivity index (χ2v) is 6.15. The highest BCUT2D eigenvalue weighted by Gasteiger charge is 2.31. The molecular weight excluding hydrogens is 282 g/mol. The molecule has 0 amide bonds. The van der Waals surface area contributed by atoms with Crippen LogP contribution in [0, 0.1) is 5.41 Å². The van der Waals surface area contributed by atoms with Gasteiger partial charge in [-0.1, -0.05) is 13.8 Å². The topological polar surface area (TPSA) is 47.0 Å². The highest BCUT2D eigenvalue weighted by Crippen LogP contribution is 2.38. The molecule has 17 heavy (non-hydrogen) atoms. The number of nitrogens with one attached hydrogen (secondary N) is 1. The number of rotatable bonds is 3. The molecule has 5 heteroatoms. The molecule has 1 fully saturated rings. The lowest BCUT2D eigenvalue weighted by Crippen LogP contribution is -2.19. The van der Waals surface area contributed by atoms with Gasteiger partial charge in [0, 0.05) is 6.04 Å². The Hall–Kier alpha value is -0.840. The molecule has 4 nitrogen and oxygen atoms in total. The van der Waals surface area contributed by atoms with Gasteiger partial charge < -0.3 is 10.1 Å². The van der Waals surface area contributed by atoms with Crippen molar-refractivity contribution >= 4 is 21.9 Å². The highest BCUT2D eigenvalue weighted by atomic mass is 79.9. The molecule has 1 saturated carbocycles. The summed E-state index contributed by atoms with van der Waals surface area (Å²) < 4.78 is 5.93. The molecular formula is C12H18BrN3O. The van der Waals surface area contributed by atoms with Crippen molar-refractivity contribution in [3.05, 3.63) is 10.7 Å². The van der Waals surface area contributed by atoms with Crippen LogP contribution in [0.5, 0.6) is 5.88 Å². The van der Waals surface area contributed by atoms with Crippen LogP contribution in [-0.2, 0) is 0 Å². The number of aromatic nitrogens is 2. The number of hydrogen-bond donors (Lipinski definition) is 1. The summed E-state index contributed by atoms with van der Waals surface area (Å²) in [5.41, 5.74) is 0.428. The lowest BCUT2D eigenvalue weighted by Gasteiger charge is -2.18. The van der Waals surface area contributed by atoms with E-state index in [1.807, 2.05) is 0 Å². The predicted octanol–water partition coefficient (Wildman–Crippen LogP) is 3.24. The van der Waals surface area contributed by atoms with E-state index >= 15 is 0 Å². The van der Waals surface area contributed by atoms with Gasteiger partial charge >= 0.3 is 0 Å². The molecule has 1 N–H and O–H groups in total. The van der Waals surface area contributed by atoms with Gasteiger partial charge in [0.1, 0.15) is 0 Å². The van der Waals surface area contributed by atoms with Crippen LogP contribution in [0.3, 0.4) is 0 Å². The zero-order valence-corrected chi connectivity index (χ0v) is 12.0. The molecule has 0 spiro atoms. The van der Waals surface area contributed by atoms with Crippen molar-refractivity contribution in [1.29, 1.82) is 0 Å². The Morgan fingerprint density at radius 1 is 1.53 bits per heavy atom. The van der Waals surface area contributed by atoms with E-state index in [-0.39, 0.29) is 0 Å². The van der Waals surface area contributed by atoms with Gasteiger partial charge in [-0.15, -0.1) is 0 Å². The fraction of sp³-hybridized carbons (Fsp3) is 0.667. The standard InChI is InChI=1S/C12H18BrN3O/c1-12(2)5-4-8(6-12)15-11-14-7-9(13)10(16-11)17-3/h7-8H,4-6H2,1-3H3,(H,14,15,16). The van der Waals surface area contributed by atoms with Crippen molar-refractivity contribution in [2.24, 2.45) is 5.41 Å². The Morgan fingerprint density at radius 2 is 2.29 bits per heavy atom. The minimum atomic E-state index is 0.428. The van der Waals surface area contributed by atoms with Crippen LogP contribution >= 0.6 is 15.9 Å². The largest absolute Gasteiger partial charge is 0.480 e. The summed E-state index contributed by atoms with van der Waals surface area (Å²) >= 11 is 3.34. The van der Waals surface area contributed by atoms with Gasteiger partial charge in [-0.05, 0) is 40.6 Å². The monoisotopic (exact) mass is 299 g/mol. The number of hydrogen-bond acceptors (Lipinski definition) is 4. The van der Waals surface area contributed by atoms with E-state index in [2.05, 4.69) is 45.1 Å². The zero-order chi connectivity index (χ0) is 12.5. The van der Waals surface area contributed by atoms with Crippen LogP contribution in [0.1, 0.15) is 33.1 Å². The summed E-state index contributed by atoms with van der Waals surface area (Å²) in [5.74, 6) is 1.22. The Morgan fingerprint density at radius 3 is 2.88 bits per heavy atom. The maximum Gasteiger partial charge on any atom is 0.232 e.